The van der Waals surface area contributed by atoms with E-state index in [0.29, 0.717) is 23.6 Å². The van der Waals surface area contributed by atoms with Crippen molar-refractivity contribution in [3.05, 3.63) is 46.8 Å². The summed E-state index contributed by atoms with van der Waals surface area (Å²) in [5, 5.41) is 8.81. The Labute approximate surface area is 123 Å². The maximum absolute atomic E-state index is 8.81. The van der Waals surface area contributed by atoms with Crippen LogP contribution in [-0.4, -0.2) is 12.1 Å². The van der Waals surface area contributed by atoms with Gasteiger partial charge in [-0.05, 0) is 32.0 Å². The number of pyridine rings is 1. The Hall–Kier alpha value is -2.74. The minimum Gasteiger partial charge on any atom is -0.496 e. The molecule has 0 aliphatic carbocycles. The van der Waals surface area contributed by atoms with E-state index >= 15 is 0 Å². The van der Waals surface area contributed by atoms with Crippen LogP contribution in [0, 0.1) is 25.2 Å². The fraction of sp³-hybridized carbons (Fsp3) is 0.250. The van der Waals surface area contributed by atoms with Gasteiger partial charge < -0.3 is 15.2 Å². The van der Waals surface area contributed by atoms with Crippen LogP contribution in [0.4, 0.5) is 5.69 Å². The van der Waals surface area contributed by atoms with Gasteiger partial charge in [0, 0.05) is 17.3 Å². The quantitative estimate of drug-likeness (QED) is 0.872. The zero-order valence-electron chi connectivity index (χ0n) is 12.3. The SMILES string of the molecule is COc1c(C)cnc(COc2ccc(C#N)cc2N)c1C. The summed E-state index contributed by atoms with van der Waals surface area (Å²) in [6.45, 7) is 4.18. The van der Waals surface area contributed by atoms with E-state index in [1.54, 1.807) is 31.5 Å². The lowest BCUT2D eigenvalue weighted by molar-refractivity contribution is 0.300. The Morgan fingerprint density at radius 3 is 2.71 bits per heavy atom. The third-order valence-electron chi connectivity index (χ3n) is 3.25. The van der Waals surface area contributed by atoms with Crippen molar-refractivity contribution in [1.29, 1.82) is 5.26 Å². The number of nitrogens with two attached hydrogens (primary N) is 1. The Kier molecular flexibility index (Phi) is 4.29. The van der Waals surface area contributed by atoms with Gasteiger partial charge in [-0.25, -0.2) is 0 Å². The van der Waals surface area contributed by atoms with E-state index in [1.165, 1.54) is 0 Å². The number of ether oxygens (including phenoxy) is 2. The molecule has 0 radical (unpaired) electrons. The molecule has 1 aromatic carbocycles. The third kappa shape index (κ3) is 3.06. The van der Waals surface area contributed by atoms with Gasteiger partial charge in [-0.3, -0.25) is 4.98 Å². The average Bonchev–Trinajstić information content (AvgIpc) is 2.48. The molecule has 5 nitrogen and oxygen atoms in total. The highest BCUT2D eigenvalue weighted by Crippen LogP contribution is 2.27. The Morgan fingerprint density at radius 2 is 2.10 bits per heavy atom. The van der Waals surface area contributed by atoms with Crippen LogP contribution in [0.2, 0.25) is 0 Å². The number of nitriles is 1. The minimum absolute atomic E-state index is 0.290. The van der Waals surface area contributed by atoms with Crippen molar-refractivity contribution >= 4 is 5.69 Å². The first-order valence-electron chi connectivity index (χ1n) is 6.48. The van der Waals surface area contributed by atoms with Crippen molar-refractivity contribution in [2.75, 3.05) is 12.8 Å². The summed E-state index contributed by atoms with van der Waals surface area (Å²) in [4.78, 5) is 4.37. The second kappa shape index (κ2) is 6.14. The molecule has 5 heteroatoms. The van der Waals surface area contributed by atoms with Crippen molar-refractivity contribution in [2.45, 2.75) is 20.5 Å². The smallest absolute Gasteiger partial charge is 0.142 e. The standard InChI is InChI=1S/C16H17N3O2/c1-10-8-19-14(11(2)16(10)20-3)9-21-15-5-4-12(7-17)6-13(15)18/h4-6,8H,9,18H2,1-3H3. The van der Waals surface area contributed by atoms with Gasteiger partial charge in [-0.15, -0.1) is 0 Å². The summed E-state index contributed by atoms with van der Waals surface area (Å²) >= 11 is 0. The summed E-state index contributed by atoms with van der Waals surface area (Å²) in [5.41, 5.74) is 9.52. The Bertz CT molecular complexity index is 705. The second-order valence-electron chi connectivity index (χ2n) is 4.70. The number of benzene rings is 1. The van der Waals surface area contributed by atoms with E-state index in [1.807, 2.05) is 19.9 Å². The summed E-state index contributed by atoms with van der Waals surface area (Å²) < 4.78 is 11.1. The van der Waals surface area contributed by atoms with Gasteiger partial charge in [0.2, 0.25) is 0 Å². The third-order valence-corrected chi connectivity index (χ3v) is 3.25. The van der Waals surface area contributed by atoms with E-state index in [0.717, 1.165) is 22.6 Å². The molecule has 108 valence electrons. The number of methoxy groups -OCH3 is 1. The molecular weight excluding hydrogens is 266 g/mol. The molecule has 2 aromatic rings. The highest BCUT2D eigenvalue weighted by Gasteiger charge is 2.11. The number of aryl methyl sites for hydroxylation is 1. The van der Waals surface area contributed by atoms with Gasteiger partial charge >= 0.3 is 0 Å². The van der Waals surface area contributed by atoms with Crippen molar-refractivity contribution < 1.29 is 9.47 Å². The van der Waals surface area contributed by atoms with Gasteiger partial charge in [0.15, 0.2) is 0 Å². The van der Waals surface area contributed by atoms with Crippen molar-refractivity contribution in [3.8, 4) is 17.6 Å². The number of nitrogens with zero attached hydrogens (tertiary/aromatic N) is 2. The molecule has 0 bridgehead atoms. The molecule has 0 saturated carbocycles. The lowest BCUT2D eigenvalue weighted by Gasteiger charge is -2.13. The molecule has 0 spiro atoms. The first kappa shape index (κ1) is 14.7. The number of aromatic nitrogens is 1. The molecule has 0 aliphatic heterocycles. The molecule has 0 aliphatic rings. The van der Waals surface area contributed by atoms with Crippen LogP contribution in [0.15, 0.2) is 24.4 Å². The maximum Gasteiger partial charge on any atom is 0.142 e. The number of hydrogen-bond donors (Lipinski definition) is 1. The van der Waals surface area contributed by atoms with E-state index in [2.05, 4.69) is 4.98 Å². The predicted molar refractivity (Wildman–Crippen MR) is 80.2 cm³/mol. The van der Waals surface area contributed by atoms with Gasteiger partial charge in [0.1, 0.15) is 18.1 Å². The summed E-state index contributed by atoms with van der Waals surface area (Å²) in [6, 6.07) is 6.98. The molecule has 1 aromatic heterocycles. The Morgan fingerprint density at radius 1 is 1.33 bits per heavy atom. The summed E-state index contributed by atoms with van der Waals surface area (Å²) in [5.74, 6) is 1.35. The molecule has 21 heavy (non-hydrogen) atoms. The molecule has 0 saturated heterocycles. The van der Waals surface area contributed by atoms with Crippen LogP contribution in [0.25, 0.3) is 0 Å². The van der Waals surface area contributed by atoms with E-state index < -0.39 is 0 Å². The van der Waals surface area contributed by atoms with Crippen LogP contribution < -0.4 is 15.2 Å². The maximum atomic E-state index is 8.81. The number of hydrogen-bond acceptors (Lipinski definition) is 5. The van der Waals surface area contributed by atoms with Crippen molar-refractivity contribution in [2.24, 2.45) is 0 Å². The van der Waals surface area contributed by atoms with Crippen molar-refractivity contribution in [1.82, 2.24) is 4.98 Å². The van der Waals surface area contributed by atoms with Crippen LogP contribution >= 0.6 is 0 Å². The monoisotopic (exact) mass is 283 g/mol. The zero-order chi connectivity index (χ0) is 15.4. The predicted octanol–water partition coefficient (Wildman–Crippen LogP) is 2.74. The van der Waals surface area contributed by atoms with Gasteiger partial charge in [0.25, 0.3) is 0 Å². The lowest BCUT2D eigenvalue weighted by atomic mass is 10.1. The van der Waals surface area contributed by atoms with E-state index in [9.17, 15) is 0 Å². The average molecular weight is 283 g/mol. The van der Waals surface area contributed by atoms with Gasteiger partial charge in [-0.1, -0.05) is 0 Å². The first-order valence-corrected chi connectivity index (χ1v) is 6.48. The number of anilines is 1. The molecule has 0 atom stereocenters. The molecule has 2 N–H and O–H groups in total. The lowest BCUT2D eigenvalue weighted by Crippen LogP contribution is -2.05. The summed E-state index contributed by atoms with van der Waals surface area (Å²) in [7, 11) is 1.64. The van der Waals surface area contributed by atoms with E-state index in [-0.39, 0.29) is 0 Å². The van der Waals surface area contributed by atoms with Gasteiger partial charge in [0.05, 0.1) is 30.1 Å². The Balaban J connectivity index is 2.19. The topological polar surface area (TPSA) is 81.2 Å². The van der Waals surface area contributed by atoms with Crippen LogP contribution in [0.5, 0.6) is 11.5 Å². The molecule has 1 heterocycles. The molecular formula is C16H17N3O2. The molecule has 0 unspecified atom stereocenters. The molecule has 0 amide bonds. The zero-order valence-corrected chi connectivity index (χ0v) is 12.3. The van der Waals surface area contributed by atoms with Crippen LogP contribution in [0.1, 0.15) is 22.4 Å². The second-order valence-corrected chi connectivity index (χ2v) is 4.70. The highest BCUT2D eigenvalue weighted by molar-refractivity contribution is 5.56. The van der Waals surface area contributed by atoms with Gasteiger partial charge in [-0.2, -0.15) is 5.26 Å². The van der Waals surface area contributed by atoms with Crippen LogP contribution in [0.3, 0.4) is 0 Å². The highest BCUT2D eigenvalue weighted by atomic mass is 16.5. The number of nitrogen functional groups attached to an aromatic ring is 1. The fourth-order valence-corrected chi connectivity index (χ4v) is 2.11. The number of rotatable bonds is 4. The first-order chi connectivity index (χ1) is 10.1. The van der Waals surface area contributed by atoms with Crippen LogP contribution in [-0.2, 0) is 6.61 Å². The molecule has 2 rings (SSSR count). The fourth-order valence-electron chi connectivity index (χ4n) is 2.11. The van der Waals surface area contributed by atoms with E-state index in [4.69, 9.17) is 20.5 Å². The molecule has 0 fully saturated rings. The van der Waals surface area contributed by atoms with Crippen molar-refractivity contribution in [3.63, 3.8) is 0 Å². The normalized spacial score (nSPS) is 10.0. The summed E-state index contributed by atoms with van der Waals surface area (Å²) in [6.07, 6.45) is 1.76. The largest absolute Gasteiger partial charge is 0.496 e. The minimum atomic E-state index is 0.290.